The standard InChI is InChI=1S/C21H17N5O2/c1-14-7-6-10-17(11-14)26-21(28)18(12-22)15(2)19(25-26)20(27)24-23-13-16-8-4-3-5-9-16/h3-11,13H,1-2H3,(H,24,27)/b23-13+. The molecule has 1 aromatic heterocycles. The van der Waals surface area contributed by atoms with Crippen LogP contribution in [0.25, 0.3) is 5.69 Å². The van der Waals surface area contributed by atoms with Crippen molar-refractivity contribution in [2.24, 2.45) is 5.10 Å². The monoisotopic (exact) mass is 371 g/mol. The van der Waals surface area contributed by atoms with Crippen LogP contribution in [-0.2, 0) is 0 Å². The zero-order valence-corrected chi connectivity index (χ0v) is 15.4. The van der Waals surface area contributed by atoms with Gasteiger partial charge in [0.2, 0.25) is 0 Å². The molecule has 0 bridgehead atoms. The molecule has 0 unspecified atom stereocenters. The molecule has 0 saturated carbocycles. The van der Waals surface area contributed by atoms with Crippen molar-refractivity contribution in [3.05, 3.63) is 92.9 Å². The van der Waals surface area contributed by atoms with Crippen molar-refractivity contribution in [1.29, 1.82) is 5.26 Å². The second-order valence-corrected chi connectivity index (χ2v) is 6.13. The third kappa shape index (κ3) is 3.86. The summed E-state index contributed by atoms with van der Waals surface area (Å²) >= 11 is 0. The number of amides is 1. The van der Waals surface area contributed by atoms with E-state index in [9.17, 15) is 14.9 Å². The van der Waals surface area contributed by atoms with Gasteiger partial charge >= 0.3 is 0 Å². The summed E-state index contributed by atoms with van der Waals surface area (Å²) in [5, 5.41) is 17.5. The lowest BCUT2D eigenvalue weighted by Crippen LogP contribution is -2.31. The SMILES string of the molecule is Cc1cccc(-n2nc(C(=O)N/N=C/c3ccccc3)c(C)c(C#N)c2=O)c1. The molecule has 1 N–H and O–H groups in total. The number of nitrogens with zero attached hydrogens (tertiary/aromatic N) is 4. The van der Waals surface area contributed by atoms with E-state index in [0.717, 1.165) is 15.8 Å². The van der Waals surface area contributed by atoms with E-state index in [0.29, 0.717) is 5.69 Å². The lowest BCUT2D eigenvalue weighted by molar-refractivity contribution is 0.0947. The molecule has 0 radical (unpaired) electrons. The Labute approximate surface area is 161 Å². The largest absolute Gasteiger partial charge is 0.292 e. The summed E-state index contributed by atoms with van der Waals surface area (Å²) in [6.45, 7) is 3.39. The van der Waals surface area contributed by atoms with Crippen LogP contribution in [0.1, 0.15) is 32.7 Å². The van der Waals surface area contributed by atoms with E-state index in [2.05, 4.69) is 15.6 Å². The van der Waals surface area contributed by atoms with E-state index in [-0.39, 0.29) is 16.8 Å². The molecule has 3 rings (SSSR count). The Morgan fingerprint density at radius 3 is 2.61 bits per heavy atom. The Kier molecular flexibility index (Phi) is 5.42. The summed E-state index contributed by atoms with van der Waals surface area (Å²) < 4.78 is 1.06. The number of hydrogen-bond acceptors (Lipinski definition) is 5. The molecule has 0 fully saturated rings. The zero-order chi connectivity index (χ0) is 20.1. The lowest BCUT2D eigenvalue weighted by Gasteiger charge is -2.11. The highest BCUT2D eigenvalue weighted by molar-refractivity contribution is 5.94. The minimum atomic E-state index is -0.609. The number of benzene rings is 2. The Morgan fingerprint density at radius 2 is 1.93 bits per heavy atom. The van der Waals surface area contributed by atoms with Gasteiger partial charge in [0.1, 0.15) is 11.6 Å². The first-order valence-electron chi connectivity index (χ1n) is 8.51. The van der Waals surface area contributed by atoms with Crippen LogP contribution in [0.5, 0.6) is 0 Å². The molecule has 0 aliphatic rings. The molecule has 7 heteroatoms. The highest BCUT2D eigenvalue weighted by Crippen LogP contribution is 2.12. The van der Waals surface area contributed by atoms with Crippen molar-refractivity contribution in [2.75, 3.05) is 0 Å². The second kappa shape index (κ2) is 8.10. The van der Waals surface area contributed by atoms with Gasteiger partial charge in [0.05, 0.1) is 11.9 Å². The van der Waals surface area contributed by atoms with Crippen molar-refractivity contribution in [1.82, 2.24) is 15.2 Å². The van der Waals surface area contributed by atoms with Crippen molar-refractivity contribution in [3.63, 3.8) is 0 Å². The number of rotatable bonds is 4. The third-order valence-electron chi connectivity index (χ3n) is 4.09. The highest BCUT2D eigenvalue weighted by atomic mass is 16.2. The summed E-state index contributed by atoms with van der Waals surface area (Å²) in [6, 6.07) is 18.2. The van der Waals surface area contributed by atoms with E-state index in [4.69, 9.17) is 0 Å². The van der Waals surface area contributed by atoms with Gasteiger partial charge in [0, 0.05) is 5.56 Å². The number of nitriles is 1. The Morgan fingerprint density at radius 1 is 1.18 bits per heavy atom. The lowest BCUT2D eigenvalue weighted by atomic mass is 10.1. The fraction of sp³-hybridized carbons (Fsp3) is 0.0952. The zero-order valence-electron chi connectivity index (χ0n) is 15.4. The third-order valence-corrected chi connectivity index (χ3v) is 4.09. The van der Waals surface area contributed by atoms with Crippen molar-refractivity contribution >= 4 is 12.1 Å². The predicted molar refractivity (Wildman–Crippen MR) is 106 cm³/mol. The first-order chi connectivity index (χ1) is 13.5. The van der Waals surface area contributed by atoms with Crippen LogP contribution in [0, 0.1) is 25.2 Å². The quantitative estimate of drug-likeness (QED) is 0.562. The predicted octanol–water partition coefficient (Wildman–Crippen LogP) is 2.48. The molecule has 138 valence electrons. The number of nitrogens with one attached hydrogen (secondary N) is 1. The molecular formula is C21H17N5O2. The van der Waals surface area contributed by atoms with Crippen LogP contribution in [-0.4, -0.2) is 21.9 Å². The van der Waals surface area contributed by atoms with Gasteiger partial charge in [-0.2, -0.15) is 20.1 Å². The minimum Gasteiger partial charge on any atom is -0.266 e. The number of hydrogen-bond donors (Lipinski definition) is 1. The van der Waals surface area contributed by atoms with Gasteiger partial charge in [0.25, 0.3) is 11.5 Å². The topological polar surface area (TPSA) is 100 Å². The maximum Gasteiger partial charge on any atom is 0.292 e. The van der Waals surface area contributed by atoms with Crippen LogP contribution in [0.4, 0.5) is 0 Å². The summed E-state index contributed by atoms with van der Waals surface area (Å²) in [5.74, 6) is -0.609. The molecule has 28 heavy (non-hydrogen) atoms. The Hall–Kier alpha value is -4.05. The molecule has 7 nitrogen and oxygen atoms in total. The Bertz CT molecular complexity index is 1160. The van der Waals surface area contributed by atoms with Gasteiger partial charge in [-0.15, -0.1) is 0 Å². The maximum absolute atomic E-state index is 12.6. The van der Waals surface area contributed by atoms with Crippen molar-refractivity contribution in [2.45, 2.75) is 13.8 Å². The normalized spacial score (nSPS) is 10.6. The van der Waals surface area contributed by atoms with E-state index in [1.165, 1.54) is 13.1 Å². The van der Waals surface area contributed by atoms with E-state index in [1.54, 1.807) is 18.2 Å². The summed E-state index contributed by atoms with van der Waals surface area (Å²) in [5.41, 5.74) is 4.07. The first kappa shape index (κ1) is 18.7. The van der Waals surface area contributed by atoms with Crippen LogP contribution >= 0.6 is 0 Å². The van der Waals surface area contributed by atoms with Gasteiger partial charge in [-0.3, -0.25) is 9.59 Å². The van der Waals surface area contributed by atoms with Crippen LogP contribution in [0.3, 0.4) is 0 Å². The number of carbonyl (C=O) groups is 1. The van der Waals surface area contributed by atoms with E-state index < -0.39 is 11.5 Å². The summed E-state index contributed by atoms with van der Waals surface area (Å²) in [6.07, 6.45) is 1.50. The fourth-order valence-corrected chi connectivity index (χ4v) is 2.64. The smallest absolute Gasteiger partial charge is 0.266 e. The fourth-order valence-electron chi connectivity index (χ4n) is 2.64. The molecule has 0 aliphatic heterocycles. The summed E-state index contributed by atoms with van der Waals surface area (Å²) in [4.78, 5) is 25.2. The summed E-state index contributed by atoms with van der Waals surface area (Å²) in [7, 11) is 0. The van der Waals surface area contributed by atoms with E-state index in [1.807, 2.05) is 49.4 Å². The number of aryl methyl sites for hydroxylation is 1. The van der Waals surface area contributed by atoms with Crippen molar-refractivity contribution < 1.29 is 4.79 Å². The van der Waals surface area contributed by atoms with Crippen LogP contribution in [0.2, 0.25) is 0 Å². The molecule has 0 atom stereocenters. The molecule has 0 aliphatic carbocycles. The van der Waals surface area contributed by atoms with Gasteiger partial charge in [-0.05, 0) is 37.1 Å². The van der Waals surface area contributed by atoms with Crippen LogP contribution in [0.15, 0.2) is 64.5 Å². The van der Waals surface area contributed by atoms with Gasteiger partial charge in [-0.25, -0.2) is 5.43 Å². The van der Waals surface area contributed by atoms with Gasteiger partial charge < -0.3 is 0 Å². The molecule has 0 spiro atoms. The average Bonchev–Trinajstić information content (AvgIpc) is 2.69. The van der Waals surface area contributed by atoms with Crippen LogP contribution < -0.4 is 11.0 Å². The molecular weight excluding hydrogens is 354 g/mol. The maximum atomic E-state index is 12.6. The highest BCUT2D eigenvalue weighted by Gasteiger charge is 2.20. The first-order valence-corrected chi connectivity index (χ1v) is 8.51. The van der Waals surface area contributed by atoms with Gasteiger partial charge in [0.15, 0.2) is 5.69 Å². The minimum absolute atomic E-state index is 0.0390. The molecule has 1 amide bonds. The molecule has 3 aromatic rings. The van der Waals surface area contributed by atoms with Gasteiger partial charge in [-0.1, -0.05) is 42.5 Å². The molecule has 2 aromatic carbocycles. The molecule has 1 heterocycles. The Balaban J connectivity index is 2.00. The molecule has 0 saturated heterocycles. The second-order valence-electron chi connectivity index (χ2n) is 6.13. The average molecular weight is 371 g/mol. The number of hydrazone groups is 1. The van der Waals surface area contributed by atoms with E-state index >= 15 is 0 Å². The number of carbonyl (C=O) groups excluding carboxylic acids is 1. The number of aromatic nitrogens is 2. The van der Waals surface area contributed by atoms with Crippen molar-refractivity contribution in [3.8, 4) is 11.8 Å².